The molecule has 1 unspecified atom stereocenters. The summed E-state index contributed by atoms with van der Waals surface area (Å²) < 4.78 is 30.3. The number of hydrogen-bond donors (Lipinski definition) is 2. The van der Waals surface area contributed by atoms with Gasteiger partial charge in [-0.2, -0.15) is 12.7 Å². The zero-order chi connectivity index (χ0) is 29.6. The Morgan fingerprint density at radius 1 is 1.02 bits per heavy atom. The van der Waals surface area contributed by atoms with E-state index >= 15 is 0 Å². The van der Waals surface area contributed by atoms with Gasteiger partial charge in [-0.25, -0.2) is 8.96 Å². The third kappa shape index (κ3) is 4.68. The monoisotopic (exact) mass is 593 g/mol. The average molecular weight is 594 g/mol. The van der Waals surface area contributed by atoms with Gasteiger partial charge in [-0.15, -0.1) is 0 Å². The molecular formula is C31H55N3O4SSi. The van der Waals surface area contributed by atoms with Gasteiger partial charge in [-0.3, -0.25) is 0 Å². The summed E-state index contributed by atoms with van der Waals surface area (Å²) in [6.45, 7) is 15.3. The number of imidazole rings is 1. The first kappa shape index (κ1) is 30.7. The molecule has 4 aliphatic carbocycles. The predicted molar refractivity (Wildman–Crippen MR) is 163 cm³/mol. The van der Waals surface area contributed by atoms with Crippen molar-refractivity contribution in [2.75, 3.05) is 14.1 Å². The second-order valence-electron chi connectivity index (χ2n) is 16.3. The van der Waals surface area contributed by atoms with Crippen LogP contribution in [-0.2, 0) is 10.2 Å². The molecule has 4 fully saturated rings. The summed E-state index contributed by atoms with van der Waals surface area (Å²) in [7, 11) is -3.06. The van der Waals surface area contributed by atoms with E-state index in [4.69, 9.17) is 4.98 Å². The quantitative estimate of drug-likeness (QED) is 0.452. The van der Waals surface area contributed by atoms with Gasteiger partial charge in [-0.1, -0.05) is 40.8 Å². The van der Waals surface area contributed by atoms with E-state index in [1.807, 2.05) is 6.92 Å². The fourth-order valence-corrected chi connectivity index (χ4v) is 13.3. The first-order valence-corrected chi connectivity index (χ1v) is 20.1. The lowest BCUT2D eigenvalue weighted by Gasteiger charge is -2.57. The van der Waals surface area contributed by atoms with Gasteiger partial charge in [0.25, 0.3) is 0 Å². The van der Waals surface area contributed by atoms with Crippen LogP contribution in [0.25, 0.3) is 0 Å². The van der Waals surface area contributed by atoms with Gasteiger partial charge in [0.05, 0.1) is 17.5 Å². The number of fused-ring (bicyclic) bond motifs is 5. The summed E-state index contributed by atoms with van der Waals surface area (Å²) in [6, 6.07) is 0. The van der Waals surface area contributed by atoms with Crippen molar-refractivity contribution in [3.63, 3.8) is 0 Å². The fraction of sp³-hybridized carbons (Fsp3) is 0.903. The molecule has 1 aromatic rings. The van der Waals surface area contributed by atoms with Gasteiger partial charge in [0.2, 0.25) is 0 Å². The molecule has 5 rings (SSSR count). The molecule has 40 heavy (non-hydrogen) atoms. The third-order valence-corrected chi connectivity index (χ3v) is 20.0. The van der Waals surface area contributed by atoms with E-state index < -0.39 is 30.0 Å². The van der Waals surface area contributed by atoms with Crippen LogP contribution in [0.4, 0.5) is 0 Å². The van der Waals surface area contributed by atoms with Crippen LogP contribution in [0.1, 0.15) is 104 Å². The van der Waals surface area contributed by atoms with Crippen LogP contribution in [0.2, 0.25) is 18.1 Å². The highest BCUT2D eigenvalue weighted by molar-refractivity contribution is 7.87. The standard InChI is InChI=1S/C31H55N3O4SSi/c1-29(2,3)40(8,9)28-32-19-26(34(28)39(37,38)33(6)7)27(35)25-13-12-24-23-11-10-20-18-30(4,36)16-14-21(20)22(23)15-17-31(24,25)5/h19-25,27,35-36H,10-18H2,1-9H3/t20-,21+,22-,23-,24+,25-,27?,30-,31+/m1/s1. The molecular weight excluding hydrogens is 539 g/mol. The Hall–Kier alpha value is -0.743. The lowest BCUT2D eigenvalue weighted by Crippen LogP contribution is -2.56. The van der Waals surface area contributed by atoms with Crippen LogP contribution >= 0.6 is 0 Å². The van der Waals surface area contributed by atoms with E-state index in [0.29, 0.717) is 28.9 Å². The molecule has 9 atom stereocenters. The van der Waals surface area contributed by atoms with E-state index in [0.717, 1.165) is 50.4 Å². The SMILES string of the molecule is CN(C)S(=O)(=O)n1c(C(O)[C@H]2CC[C@H]3[C@@H]4CC[C@@H]5C[C@](C)(O)CC[C@@H]5[C@H]4CC[C@]23C)cnc1[Si](C)(C)C(C)(C)C. The van der Waals surface area contributed by atoms with Crippen LogP contribution < -0.4 is 5.45 Å². The number of aliphatic hydroxyl groups is 2. The number of nitrogens with zero attached hydrogens (tertiary/aromatic N) is 3. The molecule has 4 aliphatic rings. The maximum atomic E-state index is 13.8. The van der Waals surface area contributed by atoms with Crippen molar-refractivity contribution in [3.8, 4) is 0 Å². The van der Waals surface area contributed by atoms with Gasteiger partial charge >= 0.3 is 10.2 Å². The van der Waals surface area contributed by atoms with E-state index in [9.17, 15) is 18.6 Å². The van der Waals surface area contributed by atoms with Crippen LogP contribution in [0.15, 0.2) is 6.20 Å². The van der Waals surface area contributed by atoms with Gasteiger partial charge in [0.15, 0.2) is 0 Å². The minimum atomic E-state index is -3.86. The van der Waals surface area contributed by atoms with Crippen LogP contribution in [0.5, 0.6) is 0 Å². The zero-order valence-corrected chi connectivity index (χ0v) is 28.3. The van der Waals surface area contributed by atoms with Crippen LogP contribution in [0, 0.1) is 40.9 Å². The summed E-state index contributed by atoms with van der Waals surface area (Å²) in [5, 5.41) is 22.8. The molecule has 0 aromatic carbocycles. The van der Waals surface area contributed by atoms with Crippen LogP contribution in [-0.4, -0.2) is 59.7 Å². The Labute approximate surface area is 244 Å². The molecule has 7 nitrogen and oxygen atoms in total. The number of hydrogen-bond acceptors (Lipinski definition) is 5. The van der Waals surface area contributed by atoms with Crippen LogP contribution in [0.3, 0.4) is 0 Å². The largest absolute Gasteiger partial charge is 0.390 e. The minimum Gasteiger partial charge on any atom is -0.390 e. The van der Waals surface area contributed by atoms with E-state index in [-0.39, 0.29) is 16.4 Å². The second kappa shape index (κ2) is 9.90. The minimum absolute atomic E-state index is 0.0122. The van der Waals surface area contributed by atoms with Crippen molar-refractivity contribution >= 4 is 23.7 Å². The smallest absolute Gasteiger partial charge is 0.308 e. The summed E-state index contributed by atoms with van der Waals surface area (Å²) in [6.07, 6.45) is 10.6. The first-order chi connectivity index (χ1) is 18.3. The molecule has 0 radical (unpaired) electrons. The zero-order valence-electron chi connectivity index (χ0n) is 26.4. The molecule has 0 bridgehead atoms. The van der Waals surface area contributed by atoms with Gasteiger partial charge in [0.1, 0.15) is 19.6 Å². The van der Waals surface area contributed by atoms with Crippen molar-refractivity contribution in [1.82, 2.24) is 13.3 Å². The lowest BCUT2D eigenvalue weighted by atomic mass is 9.49. The number of aromatic nitrogens is 2. The topological polar surface area (TPSA) is 95.7 Å². The predicted octanol–water partition coefficient (Wildman–Crippen LogP) is 5.31. The second-order valence-corrected chi connectivity index (χ2v) is 23.5. The third-order valence-electron chi connectivity index (χ3n) is 12.9. The first-order valence-electron chi connectivity index (χ1n) is 15.7. The lowest BCUT2D eigenvalue weighted by molar-refractivity contribution is -0.108. The van der Waals surface area contributed by atoms with Crippen molar-refractivity contribution in [2.24, 2.45) is 40.9 Å². The molecule has 0 aliphatic heterocycles. The summed E-state index contributed by atoms with van der Waals surface area (Å²) in [5.41, 5.74) is 0.555. The van der Waals surface area contributed by atoms with E-state index in [1.54, 1.807) is 20.3 Å². The summed E-state index contributed by atoms with van der Waals surface area (Å²) in [5.74, 6) is 3.37. The molecule has 9 heteroatoms. The summed E-state index contributed by atoms with van der Waals surface area (Å²) >= 11 is 0. The van der Waals surface area contributed by atoms with Crippen molar-refractivity contribution in [2.45, 2.75) is 122 Å². The van der Waals surface area contributed by atoms with Gasteiger partial charge in [-0.05, 0) is 111 Å². The van der Waals surface area contributed by atoms with E-state index in [2.05, 4.69) is 40.8 Å². The van der Waals surface area contributed by atoms with Gasteiger partial charge in [0, 0.05) is 14.1 Å². The molecule has 228 valence electrons. The normalized spacial score (nSPS) is 39.5. The van der Waals surface area contributed by atoms with Crippen molar-refractivity contribution < 1.29 is 18.6 Å². The molecule has 1 heterocycles. The highest BCUT2D eigenvalue weighted by Gasteiger charge is 2.59. The Morgan fingerprint density at radius 3 is 2.30 bits per heavy atom. The van der Waals surface area contributed by atoms with Gasteiger partial charge < -0.3 is 10.2 Å². The molecule has 0 spiro atoms. The highest BCUT2D eigenvalue weighted by Crippen LogP contribution is 2.66. The maximum Gasteiger partial charge on any atom is 0.308 e. The Bertz CT molecular complexity index is 1220. The Balaban J connectivity index is 1.47. The molecule has 1 aromatic heterocycles. The number of aliphatic hydroxyl groups excluding tert-OH is 1. The van der Waals surface area contributed by atoms with E-state index in [1.165, 1.54) is 27.5 Å². The average Bonchev–Trinajstić information content (AvgIpc) is 3.44. The van der Waals surface area contributed by atoms with Crippen molar-refractivity contribution in [1.29, 1.82) is 0 Å². The maximum absolute atomic E-state index is 13.8. The molecule has 4 saturated carbocycles. The molecule has 2 N–H and O–H groups in total. The summed E-state index contributed by atoms with van der Waals surface area (Å²) in [4.78, 5) is 4.78. The Morgan fingerprint density at radius 2 is 1.68 bits per heavy atom. The molecule has 0 saturated heterocycles. The van der Waals surface area contributed by atoms with Crippen molar-refractivity contribution in [3.05, 3.63) is 11.9 Å². The Kier molecular flexibility index (Phi) is 7.60. The highest BCUT2D eigenvalue weighted by atomic mass is 32.2. The number of rotatable bonds is 5. The molecule has 0 amide bonds. The fourth-order valence-electron chi connectivity index (χ4n) is 9.55.